The zero-order valence-corrected chi connectivity index (χ0v) is 13.4. The van der Waals surface area contributed by atoms with Crippen LogP contribution in [0, 0.1) is 11.8 Å². The van der Waals surface area contributed by atoms with E-state index in [4.69, 9.17) is 9.84 Å². The van der Waals surface area contributed by atoms with E-state index in [0.717, 1.165) is 32.1 Å². The lowest BCUT2D eigenvalue weighted by Gasteiger charge is -2.17. The third kappa shape index (κ3) is 6.71. The average molecular weight is 312 g/mol. The smallest absolute Gasteiger partial charge is 0.302 e. The maximum atomic E-state index is 11.9. The second-order valence-corrected chi connectivity index (χ2v) is 5.90. The quantitative estimate of drug-likeness (QED) is 0.366. The summed E-state index contributed by atoms with van der Waals surface area (Å²) in [6.07, 6.45) is 8.93. The summed E-state index contributed by atoms with van der Waals surface area (Å²) in [4.78, 5) is 22.7. The number of carbonyl (C=O) groups is 2. The molecular formula is C17H28O5. The zero-order valence-electron chi connectivity index (χ0n) is 13.4. The molecule has 126 valence electrons. The van der Waals surface area contributed by atoms with Gasteiger partial charge in [0.1, 0.15) is 5.78 Å². The lowest BCUT2D eigenvalue weighted by Crippen LogP contribution is -2.20. The first-order valence-corrected chi connectivity index (χ1v) is 8.18. The van der Waals surface area contributed by atoms with Crippen LogP contribution < -0.4 is 0 Å². The molecule has 2 N–H and O–H groups in total. The van der Waals surface area contributed by atoms with Crippen molar-refractivity contribution in [2.75, 3.05) is 13.2 Å². The van der Waals surface area contributed by atoms with Gasteiger partial charge in [-0.1, -0.05) is 25.0 Å². The standard InChI is InChI=1S/C17H28O5/c1-13(19)22-11-9-15-14(16(20)12-17(15)21)8-6-4-2-3-5-7-10-18/h6,8,14-16,18,20H,2-5,7,9-12H2,1H3/t14-,15+,16+/m1/s1. The number of esters is 1. The lowest BCUT2D eigenvalue weighted by molar-refractivity contribution is -0.142. The van der Waals surface area contributed by atoms with Crippen LogP contribution in [-0.4, -0.2) is 41.3 Å². The van der Waals surface area contributed by atoms with E-state index in [1.807, 2.05) is 12.2 Å². The molecule has 0 saturated heterocycles. The molecule has 3 atom stereocenters. The van der Waals surface area contributed by atoms with Gasteiger partial charge in [-0.25, -0.2) is 0 Å². The number of allylic oxidation sites excluding steroid dienone is 1. The van der Waals surface area contributed by atoms with Crippen molar-refractivity contribution in [2.24, 2.45) is 11.8 Å². The Morgan fingerprint density at radius 3 is 2.73 bits per heavy atom. The Balaban J connectivity index is 2.36. The molecule has 1 aliphatic carbocycles. The van der Waals surface area contributed by atoms with E-state index in [1.54, 1.807) is 0 Å². The Labute approximate surface area is 132 Å². The van der Waals surface area contributed by atoms with Crippen LogP contribution in [0.1, 0.15) is 51.9 Å². The number of carbonyl (C=O) groups excluding carboxylic acids is 2. The van der Waals surface area contributed by atoms with Crippen molar-refractivity contribution in [3.05, 3.63) is 12.2 Å². The molecule has 1 fully saturated rings. The Morgan fingerprint density at radius 1 is 1.32 bits per heavy atom. The molecule has 0 bridgehead atoms. The van der Waals surface area contributed by atoms with Crippen LogP contribution in [0.25, 0.3) is 0 Å². The number of ketones is 1. The van der Waals surface area contributed by atoms with E-state index in [0.29, 0.717) is 6.42 Å². The van der Waals surface area contributed by atoms with Crippen LogP contribution >= 0.6 is 0 Å². The molecule has 1 saturated carbocycles. The molecule has 0 heterocycles. The molecule has 0 aliphatic heterocycles. The third-order valence-corrected chi connectivity index (χ3v) is 4.10. The van der Waals surface area contributed by atoms with Gasteiger partial charge in [-0.3, -0.25) is 9.59 Å². The van der Waals surface area contributed by atoms with Crippen LogP contribution in [0.15, 0.2) is 12.2 Å². The fourth-order valence-corrected chi connectivity index (χ4v) is 2.90. The Kier molecular flexibility index (Phi) is 9.01. The highest BCUT2D eigenvalue weighted by molar-refractivity contribution is 5.84. The van der Waals surface area contributed by atoms with Gasteiger partial charge in [0.15, 0.2) is 0 Å². The number of unbranched alkanes of at least 4 members (excludes halogenated alkanes) is 4. The van der Waals surface area contributed by atoms with Gasteiger partial charge in [-0.2, -0.15) is 0 Å². The summed E-state index contributed by atoms with van der Waals surface area (Å²) in [5, 5.41) is 18.7. The molecule has 1 rings (SSSR count). The highest BCUT2D eigenvalue weighted by Gasteiger charge is 2.39. The third-order valence-electron chi connectivity index (χ3n) is 4.10. The minimum Gasteiger partial charge on any atom is -0.466 e. The van der Waals surface area contributed by atoms with Crippen LogP contribution in [0.3, 0.4) is 0 Å². The van der Waals surface area contributed by atoms with Crippen molar-refractivity contribution in [3.63, 3.8) is 0 Å². The van der Waals surface area contributed by atoms with Crippen molar-refractivity contribution < 1.29 is 24.5 Å². The number of aliphatic hydroxyl groups excluding tert-OH is 2. The molecule has 0 spiro atoms. The number of hydrogen-bond donors (Lipinski definition) is 2. The highest BCUT2D eigenvalue weighted by Crippen LogP contribution is 2.33. The van der Waals surface area contributed by atoms with Gasteiger partial charge in [-0.05, 0) is 25.7 Å². The maximum Gasteiger partial charge on any atom is 0.302 e. The van der Waals surface area contributed by atoms with E-state index in [1.165, 1.54) is 6.92 Å². The molecule has 5 heteroatoms. The topological polar surface area (TPSA) is 83.8 Å². The van der Waals surface area contributed by atoms with Crippen molar-refractivity contribution in [3.8, 4) is 0 Å². The number of aliphatic hydroxyl groups is 2. The molecule has 0 aromatic heterocycles. The summed E-state index contributed by atoms with van der Waals surface area (Å²) in [5.41, 5.74) is 0. The minimum atomic E-state index is -0.625. The SMILES string of the molecule is CC(=O)OCC[C@@H]1C(=O)C[C@H](O)[C@@H]1C=CCCCCCCO. The van der Waals surface area contributed by atoms with Crippen molar-refractivity contribution >= 4 is 11.8 Å². The summed E-state index contributed by atoms with van der Waals surface area (Å²) in [6.45, 7) is 1.82. The largest absolute Gasteiger partial charge is 0.466 e. The maximum absolute atomic E-state index is 11.9. The Hall–Kier alpha value is -1.20. The molecule has 0 aromatic rings. The summed E-state index contributed by atoms with van der Waals surface area (Å²) in [5.74, 6) is -0.710. The fourth-order valence-electron chi connectivity index (χ4n) is 2.90. The Bertz CT molecular complexity index is 377. The van der Waals surface area contributed by atoms with E-state index >= 15 is 0 Å². The molecular weight excluding hydrogens is 284 g/mol. The highest BCUT2D eigenvalue weighted by atomic mass is 16.5. The van der Waals surface area contributed by atoms with E-state index < -0.39 is 6.10 Å². The first kappa shape index (κ1) is 18.8. The van der Waals surface area contributed by atoms with Gasteiger partial charge < -0.3 is 14.9 Å². The summed E-state index contributed by atoms with van der Waals surface area (Å²) in [7, 11) is 0. The fraction of sp³-hybridized carbons (Fsp3) is 0.765. The molecule has 1 aliphatic rings. The number of hydrogen-bond acceptors (Lipinski definition) is 5. The average Bonchev–Trinajstić information content (AvgIpc) is 2.72. The molecule has 0 amide bonds. The number of ether oxygens (including phenoxy) is 1. The van der Waals surface area contributed by atoms with Gasteiger partial charge in [0.05, 0.1) is 12.7 Å². The van der Waals surface area contributed by atoms with Crippen LogP contribution in [0.4, 0.5) is 0 Å². The normalized spacial score (nSPS) is 25.0. The predicted octanol–water partition coefficient (Wildman–Crippen LogP) is 2.00. The first-order chi connectivity index (χ1) is 10.6. The monoisotopic (exact) mass is 312 g/mol. The molecule has 0 aromatic carbocycles. The first-order valence-electron chi connectivity index (χ1n) is 8.18. The lowest BCUT2D eigenvalue weighted by atomic mass is 9.91. The van der Waals surface area contributed by atoms with Crippen molar-refractivity contribution in [1.29, 1.82) is 0 Å². The van der Waals surface area contributed by atoms with Crippen LogP contribution in [0.5, 0.6) is 0 Å². The van der Waals surface area contributed by atoms with Crippen LogP contribution in [-0.2, 0) is 14.3 Å². The summed E-state index contributed by atoms with van der Waals surface area (Å²) in [6, 6.07) is 0. The Morgan fingerprint density at radius 2 is 2.05 bits per heavy atom. The minimum absolute atomic E-state index is 0.0530. The number of rotatable bonds is 10. The van der Waals surface area contributed by atoms with Crippen molar-refractivity contribution in [1.82, 2.24) is 0 Å². The number of Topliss-reactive ketones (excluding diaryl/α,β-unsaturated/α-hetero) is 1. The molecule has 5 nitrogen and oxygen atoms in total. The van der Waals surface area contributed by atoms with Gasteiger partial charge >= 0.3 is 5.97 Å². The second kappa shape index (κ2) is 10.5. The van der Waals surface area contributed by atoms with E-state index in [2.05, 4.69) is 0 Å². The summed E-state index contributed by atoms with van der Waals surface area (Å²) >= 11 is 0. The van der Waals surface area contributed by atoms with Crippen molar-refractivity contribution in [2.45, 2.75) is 58.0 Å². The van der Waals surface area contributed by atoms with Gasteiger partial charge in [0.2, 0.25) is 0 Å². The van der Waals surface area contributed by atoms with E-state index in [-0.39, 0.29) is 43.2 Å². The van der Waals surface area contributed by atoms with Crippen LogP contribution in [0.2, 0.25) is 0 Å². The van der Waals surface area contributed by atoms with Gasteiger partial charge in [-0.15, -0.1) is 0 Å². The molecule has 0 radical (unpaired) electrons. The summed E-state index contributed by atoms with van der Waals surface area (Å²) < 4.78 is 4.90. The predicted molar refractivity (Wildman–Crippen MR) is 83.2 cm³/mol. The zero-order chi connectivity index (χ0) is 16.4. The van der Waals surface area contributed by atoms with Gasteiger partial charge in [0, 0.05) is 31.8 Å². The molecule has 0 unspecified atom stereocenters. The molecule has 22 heavy (non-hydrogen) atoms. The van der Waals surface area contributed by atoms with E-state index in [9.17, 15) is 14.7 Å². The second-order valence-electron chi connectivity index (χ2n) is 5.90. The van der Waals surface area contributed by atoms with Gasteiger partial charge in [0.25, 0.3) is 0 Å².